The van der Waals surface area contributed by atoms with Crippen molar-refractivity contribution in [3.05, 3.63) is 72.7 Å². The van der Waals surface area contributed by atoms with Crippen molar-refractivity contribution in [2.24, 2.45) is 0 Å². The van der Waals surface area contributed by atoms with Crippen LogP contribution in [0.25, 0.3) is 0 Å². The molecular weight excluding hydrogens is 400 g/mol. The van der Waals surface area contributed by atoms with Crippen LogP contribution in [0.15, 0.2) is 72.0 Å². The zero-order valence-electron chi connectivity index (χ0n) is 16.7. The quantitative estimate of drug-likeness (QED) is 0.530. The molecule has 0 aliphatic carbocycles. The molecule has 0 aliphatic rings. The molecule has 2 aromatic carbocycles. The number of anilines is 1. The van der Waals surface area contributed by atoms with Gasteiger partial charge in [0.2, 0.25) is 11.8 Å². The van der Waals surface area contributed by atoms with Crippen LogP contribution in [-0.4, -0.2) is 33.6 Å². The van der Waals surface area contributed by atoms with Gasteiger partial charge < -0.3 is 15.4 Å². The third-order valence-corrected chi connectivity index (χ3v) is 4.87. The molecule has 8 heteroatoms. The minimum atomic E-state index is -0.265. The summed E-state index contributed by atoms with van der Waals surface area (Å²) in [5, 5.41) is 5.72. The van der Waals surface area contributed by atoms with Crippen LogP contribution in [-0.2, 0) is 4.79 Å². The van der Waals surface area contributed by atoms with Gasteiger partial charge in [0, 0.05) is 35.1 Å². The average Bonchev–Trinajstić information content (AvgIpc) is 2.73. The molecule has 0 bridgehead atoms. The summed E-state index contributed by atoms with van der Waals surface area (Å²) in [6.45, 7) is 3.82. The van der Waals surface area contributed by atoms with Crippen molar-refractivity contribution in [2.75, 3.05) is 11.1 Å². The third-order valence-electron chi connectivity index (χ3n) is 3.79. The monoisotopic (exact) mass is 422 g/mol. The number of carbonyl (C=O) groups is 2. The van der Waals surface area contributed by atoms with Gasteiger partial charge in [-0.3, -0.25) is 14.6 Å². The van der Waals surface area contributed by atoms with Crippen LogP contribution in [0.3, 0.4) is 0 Å². The molecule has 2 N–H and O–H groups in total. The van der Waals surface area contributed by atoms with E-state index >= 15 is 0 Å². The lowest BCUT2D eigenvalue weighted by Gasteiger charge is -2.12. The number of hydrogen-bond acceptors (Lipinski definition) is 6. The Morgan fingerprint density at radius 2 is 1.93 bits per heavy atom. The van der Waals surface area contributed by atoms with Gasteiger partial charge in [-0.05, 0) is 38.1 Å². The normalized spacial score (nSPS) is 10.5. The van der Waals surface area contributed by atoms with Crippen molar-refractivity contribution in [3.8, 4) is 11.6 Å². The van der Waals surface area contributed by atoms with Crippen LogP contribution in [0.2, 0.25) is 0 Å². The molecule has 30 heavy (non-hydrogen) atoms. The minimum Gasteiger partial charge on any atom is -0.437 e. The van der Waals surface area contributed by atoms with Gasteiger partial charge in [-0.15, -0.1) is 11.8 Å². The Labute approximate surface area is 179 Å². The average molecular weight is 423 g/mol. The van der Waals surface area contributed by atoms with E-state index in [4.69, 9.17) is 4.74 Å². The van der Waals surface area contributed by atoms with Gasteiger partial charge in [0.25, 0.3) is 5.91 Å². The first-order valence-electron chi connectivity index (χ1n) is 9.38. The highest BCUT2D eigenvalue weighted by Crippen LogP contribution is 2.25. The van der Waals surface area contributed by atoms with E-state index in [-0.39, 0.29) is 23.6 Å². The molecule has 0 saturated heterocycles. The molecule has 0 aliphatic heterocycles. The number of rotatable bonds is 8. The molecule has 7 nitrogen and oxygen atoms in total. The van der Waals surface area contributed by atoms with Gasteiger partial charge in [-0.25, -0.2) is 4.98 Å². The zero-order valence-corrected chi connectivity index (χ0v) is 17.5. The van der Waals surface area contributed by atoms with E-state index < -0.39 is 0 Å². The van der Waals surface area contributed by atoms with Crippen molar-refractivity contribution in [1.29, 1.82) is 0 Å². The van der Waals surface area contributed by atoms with E-state index in [9.17, 15) is 9.59 Å². The molecule has 0 fully saturated rings. The minimum absolute atomic E-state index is 0.0703. The Morgan fingerprint density at radius 3 is 2.70 bits per heavy atom. The molecule has 0 unspecified atom stereocenters. The Morgan fingerprint density at radius 1 is 1.10 bits per heavy atom. The van der Waals surface area contributed by atoms with E-state index in [1.807, 2.05) is 26.0 Å². The number of nitrogens with zero attached hydrogens (tertiary/aromatic N) is 2. The second-order valence-electron chi connectivity index (χ2n) is 6.63. The van der Waals surface area contributed by atoms with E-state index in [1.165, 1.54) is 24.2 Å². The summed E-state index contributed by atoms with van der Waals surface area (Å²) in [5.74, 6) is 0.797. The van der Waals surface area contributed by atoms with Crippen molar-refractivity contribution in [1.82, 2.24) is 15.3 Å². The molecule has 3 aromatic rings. The standard InChI is InChI=1S/C22H22N4O3S/c1-15(2)25-20(27)14-30-19-9-4-3-8-18(19)22(28)26-16-6-5-7-17(12-16)29-21-13-23-10-11-24-21/h3-13,15H,14H2,1-2H3,(H,25,27)(H,26,28). The Kier molecular flexibility index (Phi) is 7.40. The first-order chi connectivity index (χ1) is 14.5. The maximum Gasteiger partial charge on any atom is 0.256 e. The number of hydrogen-bond donors (Lipinski definition) is 2. The first-order valence-corrected chi connectivity index (χ1v) is 10.4. The predicted molar refractivity (Wildman–Crippen MR) is 117 cm³/mol. The highest BCUT2D eigenvalue weighted by Gasteiger charge is 2.14. The molecule has 1 heterocycles. The SMILES string of the molecule is CC(C)NC(=O)CSc1ccccc1C(=O)Nc1cccc(Oc2cnccn2)c1. The number of amides is 2. The number of benzene rings is 2. The van der Waals surface area contributed by atoms with Gasteiger partial charge in [-0.1, -0.05) is 18.2 Å². The van der Waals surface area contributed by atoms with Gasteiger partial charge in [-0.2, -0.15) is 0 Å². The molecule has 0 spiro atoms. The fraction of sp³-hybridized carbons (Fsp3) is 0.182. The Bertz CT molecular complexity index is 1010. The summed E-state index contributed by atoms with van der Waals surface area (Å²) in [7, 11) is 0. The molecule has 1 aromatic heterocycles. The van der Waals surface area contributed by atoms with Crippen LogP contribution < -0.4 is 15.4 Å². The molecule has 0 saturated carbocycles. The van der Waals surface area contributed by atoms with Gasteiger partial charge in [0.15, 0.2) is 0 Å². The van der Waals surface area contributed by atoms with E-state index in [2.05, 4.69) is 20.6 Å². The van der Waals surface area contributed by atoms with Crippen molar-refractivity contribution >= 4 is 29.3 Å². The summed E-state index contributed by atoms with van der Waals surface area (Å²) in [6.07, 6.45) is 4.61. The smallest absolute Gasteiger partial charge is 0.256 e. The summed E-state index contributed by atoms with van der Waals surface area (Å²) in [5.41, 5.74) is 1.08. The third kappa shape index (κ3) is 6.31. The number of nitrogens with one attached hydrogen (secondary N) is 2. The number of carbonyl (C=O) groups excluding carboxylic acids is 2. The molecule has 0 radical (unpaired) electrons. The van der Waals surface area contributed by atoms with Crippen molar-refractivity contribution < 1.29 is 14.3 Å². The number of thioether (sulfide) groups is 1. The molecule has 3 rings (SSSR count). The zero-order chi connectivity index (χ0) is 21.3. The topological polar surface area (TPSA) is 93.2 Å². The van der Waals surface area contributed by atoms with E-state index in [0.29, 0.717) is 22.9 Å². The highest BCUT2D eigenvalue weighted by molar-refractivity contribution is 8.00. The summed E-state index contributed by atoms with van der Waals surface area (Å²) in [6, 6.07) is 14.3. The van der Waals surface area contributed by atoms with Crippen LogP contribution in [0.5, 0.6) is 11.6 Å². The summed E-state index contributed by atoms with van der Waals surface area (Å²) in [4.78, 5) is 33.5. The van der Waals surface area contributed by atoms with Crippen LogP contribution in [0, 0.1) is 0 Å². The second-order valence-corrected chi connectivity index (χ2v) is 7.65. The largest absolute Gasteiger partial charge is 0.437 e. The Hall–Kier alpha value is -3.39. The lowest BCUT2D eigenvalue weighted by atomic mass is 10.2. The summed E-state index contributed by atoms with van der Waals surface area (Å²) >= 11 is 1.33. The van der Waals surface area contributed by atoms with Crippen LogP contribution in [0.4, 0.5) is 5.69 Å². The molecule has 2 amide bonds. The number of aromatic nitrogens is 2. The molecule has 0 atom stereocenters. The van der Waals surface area contributed by atoms with Crippen LogP contribution in [0.1, 0.15) is 24.2 Å². The first kappa shape index (κ1) is 21.3. The maximum atomic E-state index is 12.8. The predicted octanol–water partition coefficient (Wildman–Crippen LogP) is 4.14. The molecular formula is C22H22N4O3S. The second kappa shape index (κ2) is 10.4. The molecule has 154 valence electrons. The lowest BCUT2D eigenvalue weighted by Crippen LogP contribution is -2.31. The summed E-state index contributed by atoms with van der Waals surface area (Å²) < 4.78 is 5.65. The van der Waals surface area contributed by atoms with Gasteiger partial charge in [0.05, 0.1) is 17.5 Å². The van der Waals surface area contributed by atoms with Crippen LogP contribution >= 0.6 is 11.8 Å². The van der Waals surface area contributed by atoms with E-state index in [1.54, 1.807) is 42.6 Å². The Balaban J connectivity index is 1.67. The number of ether oxygens (including phenoxy) is 1. The fourth-order valence-corrected chi connectivity index (χ4v) is 3.44. The van der Waals surface area contributed by atoms with Crippen molar-refractivity contribution in [3.63, 3.8) is 0 Å². The van der Waals surface area contributed by atoms with Gasteiger partial charge in [0.1, 0.15) is 5.75 Å². The maximum absolute atomic E-state index is 12.8. The van der Waals surface area contributed by atoms with Gasteiger partial charge >= 0.3 is 0 Å². The highest BCUT2D eigenvalue weighted by atomic mass is 32.2. The fourth-order valence-electron chi connectivity index (χ4n) is 2.58. The lowest BCUT2D eigenvalue weighted by molar-refractivity contribution is -0.119. The van der Waals surface area contributed by atoms with E-state index in [0.717, 1.165) is 4.90 Å². The van der Waals surface area contributed by atoms with Crippen molar-refractivity contribution in [2.45, 2.75) is 24.8 Å².